The minimum Gasteiger partial charge on any atom is -0.466 e. The second kappa shape index (κ2) is 11.2. The lowest BCUT2D eigenvalue weighted by atomic mass is 10.2. The summed E-state index contributed by atoms with van der Waals surface area (Å²) in [5.41, 5.74) is 0.829. The summed E-state index contributed by atoms with van der Waals surface area (Å²) in [6, 6.07) is 5.84. The molecule has 30 heavy (non-hydrogen) atoms. The number of nitrogens with one attached hydrogen (secondary N) is 1. The van der Waals surface area contributed by atoms with Gasteiger partial charge in [0.05, 0.1) is 23.6 Å². The van der Waals surface area contributed by atoms with E-state index in [1.807, 2.05) is 13.8 Å². The maximum absolute atomic E-state index is 12.8. The molecular formula is C20H27N3O5S2. The van der Waals surface area contributed by atoms with Crippen molar-refractivity contribution in [2.75, 3.05) is 25.0 Å². The van der Waals surface area contributed by atoms with Crippen molar-refractivity contribution in [3.63, 3.8) is 0 Å². The largest absolute Gasteiger partial charge is 0.466 e. The number of rotatable bonds is 11. The van der Waals surface area contributed by atoms with Crippen molar-refractivity contribution in [1.29, 1.82) is 0 Å². The van der Waals surface area contributed by atoms with Gasteiger partial charge in [-0.3, -0.25) is 14.9 Å². The summed E-state index contributed by atoms with van der Waals surface area (Å²) in [6.45, 7) is 6.80. The van der Waals surface area contributed by atoms with Crippen LogP contribution in [-0.4, -0.2) is 49.3 Å². The molecule has 2 rings (SSSR count). The van der Waals surface area contributed by atoms with Crippen molar-refractivity contribution in [2.24, 2.45) is 0 Å². The summed E-state index contributed by atoms with van der Waals surface area (Å²) in [5.74, 6) is -0.785. The molecular weight excluding hydrogens is 426 g/mol. The first kappa shape index (κ1) is 24.0. The molecule has 1 heterocycles. The number of carbonyl (C=O) groups excluding carboxylic acids is 2. The molecule has 0 aliphatic heterocycles. The van der Waals surface area contributed by atoms with Crippen molar-refractivity contribution in [3.05, 3.63) is 40.9 Å². The molecule has 1 aromatic heterocycles. The number of sulfonamides is 1. The van der Waals surface area contributed by atoms with Gasteiger partial charge in [-0.05, 0) is 44.0 Å². The molecule has 0 unspecified atom stereocenters. The van der Waals surface area contributed by atoms with E-state index in [4.69, 9.17) is 4.74 Å². The highest BCUT2D eigenvalue weighted by atomic mass is 32.2. The summed E-state index contributed by atoms with van der Waals surface area (Å²) < 4.78 is 31.9. The zero-order valence-electron chi connectivity index (χ0n) is 17.4. The van der Waals surface area contributed by atoms with Crippen LogP contribution in [0.5, 0.6) is 0 Å². The van der Waals surface area contributed by atoms with E-state index in [0.717, 1.165) is 12.8 Å². The molecule has 0 saturated heterocycles. The van der Waals surface area contributed by atoms with E-state index in [9.17, 15) is 18.0 Å². The van der Waals surface area contributed by atoms with E-state index in [1.54, 1.807) is 12.3 Å². The Kier molecular flexibility index (Phi) is 8.94. The third kappa shape index (κ3) is 6.35. The number of thiazole rings is 1. The Hall–Kier alpha value is -2.30. The van der Waals surface area contributed by atoms with E-state index < -0.39 is 15.9 Å². The number of anilines is 1. The minimum atomic E-state index is -3.59. The summed E-state index contributed by atoms with van der Waals surface area (Å²) >= 11 is 1.20. The predicted octanol–water partition coefficient (Wildman–Crippen LogP) is 3.31. The average Bonchev–Trinajstić information content (AvgIpc) is 3.14. The SMILES string of the molecule is CCCN(CCC)S(=O)(=O)c1ccc(C(=O)Nc2nc(CC(=O)OCC)cs2)cc1. The molecule has 10 heteroatoms. The molecule has 1 amide bonds. The topological polar surface area (TPSA) is 106 Å². The molecule has 1 N–H and O–H groups in total. The quantitative estimate of drug-likeness (QED) is 0.523. The lowest BCUT2D eigenvalue weighted by Gasteiger charge is -2.21. The maximum atomic E-state index is 12.8. The highest BCUT2D eigenvalue weighted by Crippen LogP contribution is 2.20. The number of benzene rings is 1. The summed E-state index contributed by atoms with van der Waals surface area (Å²) in [7, 11) is -3.59. The van der Waals surface area contributed by atoms with Crippen LogP contribution in [0.3, 0.4) is 0 Å². The average molecular weight is 454 g/mol. The molecule has 0 atom stereocenters. The van der Waals surface area contributed by atoms with Gasteiger partial charge in [-0.15, -0.1) is 11.3 Å². The normalized spacial score (nSPS) is 11.5. The standard InChI is InChI=1S/C20H27N3O5S2/c1-4-11-23(12-5-2)30(26,27)17-9-7-15(8-10-17)19(25)22-20-21-16(14-29-20)13-18(24)28-6-3/h7-10,14H,4-6,11-13H2,1-3H3,(H,21,22,25). The van der Waals surface area contributed by atoms with Crippen molar-refractivity contribution < 1.29 is 22.7 Å². The number of nitrogens with zero attached hydrogens (tertiary/aromatic N) is 2. The fourth-order valence-corrected chi connectivity index (χ4v) is 5.08. The maximum Gasteiger partial charge on any atom is 0.311 e. The molecule has 0 bridgehead atoms. The van der Waals surface area contributed by atoms with Crippen LogP contribution in [0.4, 0.5) is 5.13 Å². The third-order valence-electron chi connectivity index (χ3n) is 4.10. The van der Waals surface area contributed by atoms with E-state index in [1.165, 1.54) is 39.9 Å². The Bertz CT molecular complexity index is 949. The van der Waals surface area contributed by atoms with Gasteiger partial charge in [-0.25, -0.2) is 13.4 Å². The minimum absolute atomic E-state index is 0.0405. The second-order valence-electron chi connectivity index (χ2n) is 6.51. The lowest BCUT2D eigenvalue weighted by molar-refractivity contribution is -0.142. The molecule has 2 aromatic rings. The van der Waals surface area contributed by atoms with Crippen LogP contribution in [0.2, 0.25) is 0 Å². The van der Waals surface area contributed by atoms with Crippen LogP contribution in [0.15, 0.2) is 34.5 Å². The van der Waals surface area contributed by atoms with Crippen molar-refractivity contribution >= 4 is 38.4 Å². The highest BCUT2D eigenvalue weighted by Gasteiger charge is 2.23. The molecule has 0 aliphatic rings. The zero-order chi connectivity index (χ0) is 22.1. The molecule has 0 spiro atoms. The number of carbonyl (C=O) groups is 2. The van der Waals surface area contributed by atoms with Gasteiger partial charge in [0.15, 0.2) is 5.13 Å². The summed E-state index contributed by atoms with van der Waals surface area (Å²) in [5, 5.41) is 4.70. The van der Waals surface area contributed by atoms with Crippen molar-refractivity contribution in [2.45, 2.75) is 44.9 Å². The summed E-state index contributed by atoms with van der Waals surface area (Å²) in [6.07, 6.45) is 1.50. The molecule has 0 saturated carbocycles. The Morgan fingerprint density at radius 2 is 1.73 bits per heavy atom. The van der Waals surface area contributed by atoms with Crippen LogP contribution < -0.4 is 5.32 Å². The smallest absolute Gasteiger partial charge is 0.311 e. The van der Waals surface area contributed by atoms with Crippen LogP contribution in [0.25, 0.3) is 0 Å². The number of ether oxygens (including phenoxy) is 1. The van der Waals surface area contributed by atoms with Gasteiger partial charge < -0.3 is 4.74 Å². The Morgan fingerprint density at radius 1 is 1.10 bits per heavy atom. The lowest BCUT2D eigenvalue weighted by Crippen LogP contribution is -2.32. The predicted molar refractivity (Wildman–Crippen MR) is 116 cm³/mol. The number of hydrogen-bond acceptors (Lipinski definition) is 7. The number of esters is 1. The van der Waals surface area contributed by atoms with Gasteiger partial charge in [0.2, 0.25) is 10.0 Å². The van der Waals surface area contributed by atoms with Crippen molar-refractivity contribution in [1.82, 2.24) is 9.29 Å². The van der Waals surface area contributed by atoms with Crippen LogP contribution in [0.1, 0.15) is 49.7 Å². The summed E-state index contributed by atoms with van der Waals surface area (Å²) in [4.78, 5) is 28.3. The Morgan fingerprint density at radius 3 is 2.30 bits per heavy atom. The van der Waals surface area contributed by atoms with Gasteiger partial charge in [0.1, 0.15) is 0 Å². The zero-order valence-corrected chi connectivity index (χ0v) is 19.0. The first-order valence-corrected chi connectivity index (χ1v) is 12.1. The van der Waals surface area contributed by atoms with Crippen LogP contribution >= 0.6 is 11.3 Å². The fourth-order valence-electron chi connectivity index (χ4n) is 2.75. The Balaban J connectivity index is 2.06. The monoisotopic (exact) mass is 453 g/mol. The first-order chi connectivity index (χ1) is 14.3. The third-order valence-corrected chi connectivity index (χ3v) is 6.82. The molecule has 164 valence electrons. The van der Waals surface area contributed by atoms with E-state index >= 15 is 0 Å². The highest BCUT2D eigenvalue weighted by molar-refractivity contribution is 7.89. The van der Waals surface area contributed by atoms with Gasteiger partial charge in [0, 0.05) is 24.0 Å². The van der Waals surface area contributed by atoms with E-state index in [0.29, 0.717) is 36.1 Å². The first-order valence-electron chi connectivity index (χ1n) is 9.83. The Labute approximate surface area is 181 Å². The molecule has 0 fully saturated rings. The van der Waals surface area contributed by atoms with E-state index in [-0.39, 0.29) is 17.3 Å². The second-order valence-corrected chi connectivity index (χ2v) is 9.30. The number of aromatic nitrogens is 1. The van der Waals surface area contributed by atoms with Crippen LogP contribution in [-0.2, 0) is 26.0 Å². The van der Waals surface area contributed by atoms with Crippen LogP contribution in [0, 0.1) is 0 Å². The fraction of sp³-hybridized carbons (Fsp3) is 0.450. The van der Waals surface area contributed by atoms with Gasteiger partial charge in [-0.2, -0.15) is 4.31 Å². The number of amides is 1. The molecule has 0 aliphatic carbocycles. The molecule has 0 radical (unpaired) electrons. The van der Waals surface area contributed by atoms with Gasteiger partial charge in [-0.1, -0.05) is 13.8 Å². The number of hydrogen-bond donors (Lipinski definition) is 1. The van der Waals surface area contributed by atoms with Gasteiger partial charge >= 0.3 is 5.97 Å². The van der Waals surface area contributed by atoms with Gasteiger partial charge in [0.25, 0.3) is 5.91 Å². The molecule has 1 aromatic carbocycles. The molecule has 8 nitrogen and oxygen atoms in total. The van der Waals surface area contributed by atoms with Crippen molar-refractivity contribution in [3.8, 4) is 0 Å². The van der Waals surface area contributed by atoms with E-state index in [2.05, 4.69) is 10.3 Å².